The standard InChI is InChI=1S/C30H24ClNO5S2/c1-14-20(18-4-3-5-19(18)21-13-25(31)39-15(21)2)12-24(38-14)30(35)36-17-8-6-16(7-9-17)32-28(33)26-22-10-11-23(37-22)27(26)29(32)34/h6-13,22-23,26-27H,3-5H2,1-2H3/t22-,23+,26-,27+. The number of hydrogen-bond acceptors (Lipinski definition) is 7. The number of hydrogen-bond donors (Lipinski definition) is 0. The molecule has 9 heteroatoms. The van der Waals surface area contributed by atoms with Crippen LogP contribution >= 0.6 is 34.3 Å². The summed E-state index contributed by atoms with van der Waals surface area (Å²) in [6.07, 6.45) is 6.11. The van der Waals surface area contributed by atoms with Crippen molar-refractivity contribution in [2.75, 3.05) is 4.90 Å². The topological polar surface area (TPSA) is 72.9 Å². The van der Waals surface area contributed by atoms with Gasteiger partial charge in [-0.15, -0.1) is 22.7 Å². The highest BCUT2D eigenvalue weighted by Gasteiger charge is 2.61. The lowest BCUT2D eigenvalue weighted by molar-refractivity contribution is -0.124. The first-order valence-corrected chi connectivity index (χ1v) is 14.9. The Balaban J connectivity index is 1.09. The number of imide groups is 1. The highest BCUT2D eigenvalue weighted by Crippen LogP contribution is 2.47. The van der Waals surface area contributed by atoms with Gasteiger partial charge in [-0.2, -0.15) is 0 Å². The Bertz CT molecular complexity index is 1580. The van der Waals surface area contributed by atoms with Crippen molar-refractivity contribution >= 4 is 68.9 Å². The number of fused-ring (bicyclic) bond motifs is 5. The molecule has 0 radical (unpaired) electrons. The second-order valence-corrected chi connectivity index (χ2v) is 13.5. The van der Waals surface area contributed by atoms with Crippen LogP contribution in [0.1, 0.15) is 49.8 Å². The second kappa shape index (κ2) is 9.27. The molecule has 0 unspecified atom stereocenters. The van der Waals surface area contributed by atoms with Gasteiger partial charge in [0.1, 0.15) is 10.6 Å². The SMILES string of the molecule is Cc1sc(Cl)cc1C1=C(c2cc(C(=O)Oc3ccc(N4C(=O)[C@@H]5[C@H](C4=O)[C@H]4C=C[C@@H]5O4)cc3)sc2C)CCC1. The summed E-state index contributed by atoms with van der Waals surface area (Å²) in [5.74, 6) is -1.48. The maximum atomic E-state index is 13.1. The summed E-state index contributed by atoms with van der Waals surface area (Å²) < 4.78 is 12.2. The molecule has 2 bridgehead atoms. The van der Waals surface area contributed by atoms with Crippen molar-refractivity contribution in [3.05, 3.63) is 78.6 Å². The monoisotopic (exact) mass is 577 g/mol. The summed E-state index contributed by atoms with van der Waals surface area (Å²) in [5, 5.41) is 0. The molecule has 4 atom stereocenters. The number of esters is 1. The number of amides is 2. The molecule has 5 heterocycles. The van der Waals surface area contributed by atoms with Gasteiger partial charge in [0.25, 0.3) is 0 Å². The molecule has 1 aliphatic carbocycles. The summed E-state index contributed by atoms with van der Waals surface area (Å²) in [7, 11) is 0. The van der Waals surface area contributed by atoms with Gasteiger partial charge in [-0.05, 0) is 91.8 Å². The molecule has 7 rings (SSSR count). The predicted octanol–water partition coefficient (Wildman–Crippen LogP) is 6.84. The fraction of sp³-hybridized carbons (Fsp3) is 0.300. The number of allylic oxidation sites excluding steroid dienone is 2. The van der Waals surface area contributed by atoms with Crippen molar-refractivity contribution in [3.8, 4) is 5.75 Å². The largest absolute Gasteiger partial charge is 0.422 e. The molecular weight excluding hydrogens is 554 g/mol. The van der Waals surface area contributed by atoms with E-state index in [1.165, 1.54) is 37.8 Å². The molecule has 4 aliphatic rings. The average molecular weight is 578 g/mol. The molecule has 0 spiro atoms. The van der Waals surface area contributed by atoms with E-state index in [-0.39, 0.29) is 24.0 Å². The van der Waals surface area contributed by atoms with Gasteiger partial charge >= 0.3 is 5.97 Å². The zero-order valence-electron chi connectivity index (χ0n) is 21.2. The van der Waals surface area contributed by atoms with E-state index in [9.17, 15) is 14.4 Å². The third kappa shape index (κ3) is 3.96. The Morgan fingerprint density at radius 2 is 1.51 bits per heavy atom. The number of carbonyl (C=O) groups is 3. The molecule has 2 fully saturated rings. The fourth-order valence-electron chi connectivity index (χ4n) is 6.34. The number of thiophene rings is 2. The zero-order valence-corrected chi connectivity index (χ0v) is 23.6. The summed E-state index contributed by atoms with van der Waals surface area (Å²) in [6.45, 7) is 4.13. The van der Waals surface area contributed by atoms with Crippen molar-refractivity contribution in [1.82, 2.24) is 0 Å². The summed E-state index contributed by atoms with van der Waals surface area (Å²) >= 11 is 9.31. The van der Waals surface area contributed by atoms with Crippen LogP contribution in [0.15, 0.2) is 48.6 Å². The van der Waals surface area contributed by atoms with E-state index in [0.29, 0.717) is 16.3 Å². The van der Waals surface area contributed by atoms with E-state index >= 15 is 0 Å². The van der Waals surface area contributed by atoms with Gasteiger partial charge in [0.05, 0.1) is 34.1 Å². The van der Waals surface area contributed by atoms with E-state index in [4.69, 9.17) is 21.1 Å². The number of ether oxygens (including phenoxy) is 2. The number of benzene rings is 1. The quantitative estimate of drug-likeness (QED) is 0.144. The minimum atomic E-state index is -0.461. The Morgan fingerprint density at radius 1 is 0.923 bits per heavy atom. The molecule has 3 aromatic rings. The minimum absolute atomic E-state index is 0.242. The van der Waals surface area contributed by atoms with Crippen LogP contribution in [0.4, 0.5) is 5.69 Å². The minimum Gasteiger partial charge on any atom is -0.422 e. The first-order valence-electron chi connectivity index (χ1n) is 12.9. The summed E-state index contributed by atoms with van der Waals surface area (Å²) in [4.78, 5) is 43.2. The first kappa shape index (κ1) is 25.0. The van der Waals surface area contributed by atoms with Gasteiger partial charge in [-0.1, -0.05) is 23.8 Å². The Morgan fingerprint density at radius 3 is 2.10 bits per heavy atom. The van der Waals surface area contributed by atoms with Crippen LogP contribution in [0.2, 0.25) is 4.34 Å². The van der Waals surface area contributed by atoms with Gasteiger partial charge in [0.15, 0.2) is 0 Å². The molecule has 2 saturated heterocycles. The van der Waals surface area contributed by atoms with Crippen molar-refractivity contribution in [3.63, 3.8) is 0 Å². The molecular formula is C30H24ClNO5S2. The van der Waals surface area contributed by atoms with Crippen LogP contribution in [0.3, 0.4) is 0 Å². The Labute approximate surface area is 238 Å². The van der Waals surface area contributed by atoms with Crippen LogP contribution in [-0.2, 0) is 14.3 Å². The maximum absolute atomic E-state index is 13.1. The summed E-state index contributed by atoms with van der Waals surface area (Å²) in [5.41, 5.74) is 5.38. The third-order valence-corrected chi connectivity index (χ3v) is 10.3. The lowest BCUT2D eigenvalue weighted by Crippen LogP contribution is -2.34. The molecule has 2 aromatic heterocycles. The van der Waals surface area contributed by atoms with Gasteiger partial charge in [-0.25, -0.2) is 9.69 Å². The van der Waals surface area contributed by atoms with Crippen LogP contribution < -0.4 is 9.64 Å². The smallest absolute Gasteiger partial charge is 0.353 e. The number of rotatable bonds is 5. The van der Waals surface area contributed by atoms with Crippen LogP contribution in [0.5, 0.6) is 5.75 Å². The molecule has 2 amide bonds. The first-order chi connectivity index (χ1) is 18.8. The van der Waals surface area contributed by atoms with Crippen molar-refractivity contribution < 1.29 is 23.9 Å². The van der Waals surface area contributed by atoms with Gasteiger partial charge in [0, 0.05) is 9.75 Å². The van der Waals surface area contributed by atoms with Crippen molar-refractivity contribution in [2.24, 2.45) is 11.8 Å². The van der Waals surface area contributed by atoms with Gasteiger partial charge in [0.2, 0.25) is 11.8 Å². The van der Waals surface area contributed by atoms with Crippen LogP contribution in [-0.4, -0.2) is 30.0 Å². The van der Waals surface area contributed by atoms with Crippen LogP contribution in [0.25, 0.3) is 11.1 Å². The normalized spacial score (nSPS) is 25.4. The molecule has 1 aromatic carbocycles. The lowest BCUT2D eigenvalue weighted by atomic mass is 9.85. The highest BCUT2D eigenvalue weighted by molar-refractivity contribution is 7.16. The average Bonchev–Trinajstić information content (AvgIpc) is 3.74. The van der Waals surface area contributed by atoms with Crippen molar-refractivity contribution in [2.45, 2.75) is 45.3 Å². The van der Waals surface area contributed by atoms with E-state index in [1.54, 1.807) is 35.6 Å². The number of nitrogens with zero attached hydrogens (tertiary/aromatic N) is 1. The molecule has 6 nitrogen and oxygen atoms in total. The maximum Gasteiger partial charge on any atom is 0.353 e. The molecule has 39 heavy (non-hydrogen) atoms. The Kier molecular flexibility index (Phi) is 5.93. The number of anilines is 1. The van der Waals surface area contributed by atoms with Crippen molar-refractivity contribution in [1.29, 1.82) is 0 Å². The number of carbonyl (C=O) groups excluding carboxylic acids is 3. The van der Waals surface area contributed by atoms with Crippen LogP contribution in [0, 0.1) is 25.7 Å². The number of halogens is 1. The molecule has 3 aliphatic heterocycles. The Hall–Kier alpha value is -3.04. The lowest BCUT2D eigenvalue weighted by Gasteiger charge is -2.17. The van der Waals surface area contributed by atoms with E-state index < -0.39 is 17.8 Å². The van der Waals surface area contributed by atoms with E-state index in [2.05, 4.69) is 6.92 Å². The third-order valence-electron chi connectivity index (χ3n) is 8.09. The number of aryl methyl sites for hydroxylation is 2. The molecule has 0 saturated carbocycles. The predicted molar refractivity (Wildman–Crippen MR) is 152 cm³/mol. The summed E-state index contributed by atoms with van der Waals surface area (Å²) in [6, 6.07) is 10.5. The van der Waals surface area contributed by atoms with Gasteiger partial charge in [-0.3, -0.25) is 9.59 Å². The zero-order chi connectivity index (χ0) is 27.0. The second-order valence-electron chi connectivity index (χ2n) is 10.3. The van der Waals surface area contributed by atoms with Gasteiger partial charge < -0.3 is 9.47 Å². The molecule has 198 valence electrons. The van der Waals surface area contributed by atoms with E-state index in [1.807, 2.05) is 31.2 Å². The highest BCUT2D eigenvalue weighted by atomic mass is 35.5. The fourth-order valence-corrected chi connectivity index (χ4v) is 8.49. The van der Waals surface area contributed by atoms with E-state index in [0.717, 1.165) is 34.0 Å². The molecule has 0 N–H and O–H groups in total.